The van der Waals surface area contributed by atoms with Crippen molar-refractivity contribution < 1.29 is 23.8 Å². The molecule has 0 amide bonds. The van der Waals surface area contributed by atoms with Crippen LogP contribution in [0.5, 0.6) is 0 Å². The molecule has 0 saturated heterocycles. The molecular formula is C21H18BrClO5. The Kier molecular flexibility index (Phi) is 6.23. The second-order valence-electron chi connectivity index (χ2n) is 6.29. The predicted molar refractivity (Wildman–Crippen MR) is 108 cm³/mol. The van der Waals surface area contributed by atoms with Crippen molar-refractivity contribution in [1.82, 2.24) is 0 Å². The molecule has 28 heavy (non-hydrogen) atoms. The van der Waals surface area contributed by atoms with E-state index in [2.05, 4.69) is 15.9 Å². The first-order valence-electron chi connectivity index (χ1n) is 8.45. The molecule has 0 unspecified atom stereocenters. The van der Waals surface area contributed by atoms with Crippen molar-refractivity contribution in [2.45, 2.75) is 19.1 Å². The molecule has 0 aromatic heterocycles. The third kappa shape index (κ3) is 3.85. The molecule has 0 saturated carbocycles. The minimum Gasteiger partial charge on any atom is -0.466 e. The van der Waals surface area contributed by atoms with Gasteiger partial charge in [0.15, 0.2) is 0 Å². The normalized spacial score (nSPS) is 18.9. The predicted octanol–water partition coefficient (Wildman–Crippen LogP) is 4.87. The maximum Gasteiger partial charge on any atom is 0.337 e. The molecule has 2 aromatic carbocycles. The number of carbonyl (C=O) groups excluding carboxylic acids is 2. The molecule has 0 bridgehead atoms. The van der Waals surface area contributed by atoms with Gasteiger partial charge in [-0.05, 0) is 46.1 Å². The quantitative estimate of drug-likeness (QED) is 0.603. The Hall–Kier alpha value is -2.15. The average Bonchev–Trinajstić information content (AvgIpc) is 3.10. The number of halogens is 2. The van der Waals surface area contributed by atoms with Crippen LogP contribution in [0, 0.1) is 6.92 Å². The van der Waals surface area contributed by atoms with Crippen LogP contribution in [0.4, 0.5) is 0 Å². The van der Waals surface area contributed by atoms with E-state index < -0.39 is 24.1 Å². The van der Waals surface area contributed by atoms with Gasteiger partial charge in [-0.3, -0.25) is 0 Å². The van der Waals surface area contributed by atoms with E-state index in [0.29, 0.717) is 15.1 Å². The van der Waals surface area contributed by atoms with Crippen molar-refractivity contribution >= 4 is 39.5 Å². The smallest absolute Gasteiger partial charge is 0.337 e. The van der Waals surface area contributed by atoms with E-state index in [9.17, 15) is 9.59 Å². The van der Waals surface area contributed by atoms with Crippen LogP contribution in [0.15, 0.2) is 58.1 Å². The summed E-state index contributed by atoms with van der Waals surface area (Å²) < 4.78 is 16.7. The number of methoxy groups -OCH3 is 2. The van der Waals surface area contributed by atoms with Crippen LogP contribution in [0.3, 0.4) is 0 Å². The maximum absolute atomic E-state index is 12.6. The molecule has 1 aliphatic heterocycles. The Balaban J connectivity index is 2.18. The molecule has 1 heterocycles. The number of esters is 2. The topological polar surface area (TPSA) is 61.8 Å². The number of ether oxygens (including phenoxy) is 3. The van der Waals surface area contributed by atoms with E-state index in [1.165, 1.54) is 14.2 Å². The van der Waals surface area contributed by atoms with Gasteiger partial charge in [0.25, 0.3) is 0 Å². The summed E-state index contributed by atoms with van der Waals surface area (Å²) in [6.07, 6.45) is -1.57. The molecule has 7 heteroatoms. The van der Waals surface area contributed by atoms with Gasteiger partial charge in [0.1, 0.15) is 12.2 Å². The molecule has 0 fully saturated rings. The first kappa shape index (κ1) is 20.6. The van der Waals surface area contributed by atoms with Gasteiger partial charge in [0, 0.05) is 4.47 Å². The zero-order chi connectivity index (χ0) is 20.4. The molecule has 0 N–H and O–H groups in total. The van der Waals surface area contributed by atoms with Gasteiger partial charge in [-0.15, -0.1) is 0 Å². The van der Waals surface area contributed by atoms with Gasteiger partial charge >= 0.3 is 11.9 Å². The van der Waals surface area contributed by atoms with Crippen LogP contribution >= 0.6 is 27.5 Å². The van der Waals surface area contributed by atoms with E-state index in [4.69, 9.17) is 25.8 Å². The lowest BCUT2D eigenvalue weighted by Crippen LogP contribution is -2.16. The highest BCUT2D eigenvalue weighted by atomic mass is 79.9. The molecule has 0 spiro atoms. The monoisotopic (exact) mass is 464 g/mol. The van der Waals surface area contributed by atoms with Crippen molar-refractivity contribution in [2.75, 3.05) is 14.2 Å². The van der Waals surface area contributed by atoms with Gasteiger partial charge in [-0.2, -0.15) is 0 Å². The minimum atomic E-state index is -0.804. The van der Waals surface area contributed by atoms with Gasteiger partial charge in [0.2, 0.25) is 0 Å². The summed E-state index contributed by atoms with van der Waals surface area (Å²) in [6.45, 7) is 1.96. The highest BCUT2D eigenvalue weighted by molar-refractivity contribution is 9.10. The van der Waals surface area contributed by atoms with Crippen molar-refractivity contribution in [2.24, 2.45) is 0 Å². The Morgan fingerprint density at radius 1 is 0.929 bits per heavy atom. The van der Waals surface area contributed by atoms with E-state index in [-0.39, 0.29) is 11.1 Å². The second kappa shape index (κ2) is 8.47. The summed E-state index contributed by atoms with van der Waals surface area (Å²) in [5.74, 6) is -1.28. The van der Waals surface area contributed by atoms with Crippen molar-refractivity contribution in [3.8, 4) is 0 Å². The van der Waals surface area contributed by atoms with Crippen molar-refractivity contribution in [3.63, 3.8) is 0 Å². The summed E-state index contributed by atoms with van der Waals surface area (Å²) in [7, 11) is 2.53. The van der Waals surface area contributed by atoms with Crippen LogP contribution in [-0.2, 0) is 23.8 Å². The van der Waals surface area contributed by atoms with Crippen molar-refractivity contribution in [3.05, 3.63) is 79.8 Å². The summed E-state index contributed by atoms with van der Waals surface area (Å²) in [5, 5.41) is 0.522. The lowest BCUT2D eigenvalue weighted by molar-refractivity contribution is -0.139. The van der Waals surface area contributed by atoms with E-state index in [0.717, 1.165) is 11.1 Å². The average molecular weight is 466 g/mol. The van der Waals surface area contributed by atoms with Crippen LogP contribution in [0.1, 0.15) is 28.9 Å². The van der Waals surface area contributed by atoms with Crippen LogP contribution < -0.4 is 0 Å². The highest BCUT2D eigenvalue weighted by Gasteiger charge is 2.44. The van der Waals surface area contributed by atoms with Gasteiger partial charge in [-0.25, -0.2) is 9.59 Å². The lowest BCUT2D eigenvalue weighted by atomic mass is 9.95. The molecular weight excluding hydrogens is 448 g/mol. The maximum atomic E-state index is 12.6. The van der Waals surface area contributed by atoms with Crippen LogP contribution in [0.25, 0.3) is 0 Å². The van der Waals surface area contributed by atoms with E-state index >= 15 is 0 Å². The molecule has 0 aliphatic carbocycles. The fourth-order valence-electron chi connectivity index (χ4n) is 3.12. The third-order valence-electron chi connectivity index (χ3n) is 4.52. The van der Waals surface area contributed by atoms with Gasteiger partial charge in [0.05, 0.1) is 30.4 Å². The number of benzene rings is 2. The van der Waals surface area contributed by atoms with Crippen LogP contribution in [-0.4, -0.2) is 26.2 Å². The number of rotatable bonds is 4. The Morgan fingerprint density at radius 2 is 1.43 bits per heavy atom. The zero-order valence-corrected chi connectivity index (χ0v) is 17.8. The third-order valence-corrected chi connectivity index (χ3v) is 5.74. The number of aryl methyl sites for hydroxylation is 1. The fourth-order valence-corrected chi connectivity index (χ4v) is 3.63. The standard InChI is InChI=1S/C21H18BrClO5/c1-11-4-6-12(7-5-11)18-16(20(24)26-2)17(21(25)27-3)19(28-18)13-8-9-15(23)14(22)10-13/h4-10,18-19H,1-3H3/t18-,19+/m0/s1. The number of carbonyl (C=O) groups is 2. The van der Waals surface area contributed by atoms with E-state index in [1.807, 2.05) is 31.2 Å². The molecule has 3 rings (SSSR count). The lowest BCUT2D eigenvalue weighted by Gasteiger charge is -2.18. The van der Waals surface area contributed by atoms with Crippen LogP contribution in [0.2, 0.25) is 5.02 Å². The number of hydrogen-bond donors (Lipinski definition) is 0. The molecule has 2 aromatic rings. The Bertz CT molecular complexity index is 952. The summed E-state index contributed by atoms with van der Waals surface area (Å²) in [6, 6.07) is 12.7. The first-order chi connectivity index (χ1) is 13.4. The van der Waals surface area contributed by atoms with Crippen molar-refractivity contribution in [1.29, 1.82) is 0 Å². The van der Waals surface area contributed by atoms with Gasteiger partial charge in [-0.1, -0.05) is 47.5 Å². The molecule has 0 radical (unpaired) electrons. The summed E-state index contributed by atoms with van der Waals surface area (Å²) in [4.78, 5) is 25.2. The molecule has 1 aliphatic rings. The Morgan fingerprint density at radius 3 is 1.93 bits per heavy atom. The largest absolute Gasteiger partial charge is 0.466 e. The summed E-state index contributed by atoms with van der Waals surface area (Å²) in [5.41, 5.74) is 2.72. The SMILES string of the molecule is COC(=O)C1=C(C(=O)OC)[C@@H](c2ccc(Cl)c(Br)c2)O[C@H]1c1ccc(C)cc1. The van der Waals surface area contributed by atoms with E-state index in [1.54, 1.807) is 18.2 Å². The first-order valence-corrected chi connectivity index (χ1v) is 9.62. The molecule has 5 nitrogen and oxygen atoms in total. The van der Waals surface area contributed by atoms with Gasteiger partial charge < -0.3 is 14.2 Å². The molecule has 146 valence electrons. The number of hydrogen-bond acceptors (Lipinski definition) is 5. The summed E-state index contributed by atoms with van der Waals surface area (Å²) >= 11 is 9.47. The fraction of sp³-hybridized carbons (Fsp3) is 0.238. The highest BCUT2D eigenvalue weighted by Crippen LogP contribution is 2.47. The zero-order valence-electron chi connectivity index (χ0n) is 15.5. The second-order valence-corrected chi connectivity index (χ2v) is 7.55. The Labute approximate surface area is 176 Å². The molecule has 2 atom stereocenters. The minimum absolute atomic E-state index is 0.120.